The standard InChI is InChI=1S/C13H13BrN4/c1-8-6-4-5-7-10(8)12-16-18-11(14)9(2)15-13(18)17(12)3/h4-7H,1-3H3. The van der Waals surface area contributed by atoms with E-state index in [-0.39, 0.29) is 0 Å². The minimum atomic E-state index is 0.845. The van der Waals surface area contributed by atoms with Crippen LogP contribution in [0.1, 0.15) is 11.3 Å². The van der Waals surface area contributed by atoms with Crippen LogP contribution in [0.25, 0.3) is 17.2 Å². The van der Waals surface area contributed by atoms with Gasteiger partial charge in [0.25, 0.3) is 0 Å². The lowest BCUT2D eigenvalue weighted by Gasteiger charge is -2.03. The lowest BCUT2D eigenvalue weighted by atomic mass is 10.1. The summed E-state index contributed by atoms with van der Waals surface area (Å²) in [6, 6.07) is 8.23. The fourth-order valence-electron chi connectivity index (χ4n) is 2.11. The molecular weight excluding hydrogens is 292 g/mol. The number of hydrogen-bond acceptors (Lipinski definition) is 2. The summed E-state index contributed by atoms with van der Waals surface area (Å²) in [5, 5.41) is 4.63. The summed E-state index contributed by atoms with van der Waals surface area (Å²) in [5.41, 5.74) is 3.29. The Balaban J connectivity index is 2.31. The van der Waals surface area contributed by atoms with Gasteiger partial charge in [-0.25, -0.2) is 4.98 Å². The Labute approximate surface area is 113 Å². The predicted octanol–water partition coefficient (Wildman–Crippen LogP) is 3.11. The third-order valence-corrected chi connectivity index (χ3v) is 4.05. The molecule has 2 aromatic heterocycles. The number of benzene rings is 1. The van der Waals surface area contributed by atoms with Gasteiger partial charge in [0.05, 0.1) is 5.69 Å². The van der Waals surface area contributed by atoms with E-state index in [0.29, 0.717) is 0 Å². The molecule has 0 fully saturated rings. The molecule has 0 aliphatic rings. The highest BCUT2D eigenvalue weighted by Crippen LogP contribution is 2.25. The van der Waals surface area contributed by atoms with Crippen molar-refractivity contribution < 1.29 is 0 Å². The molecule has 18 heavy (non-hydrogen) atoms. The van der Waals surface area contributed by atoms with Crippen molar-refractivity contribution >= 4 is 21.7 Å². The maximum absolute atomic E-state index is 4.63. The first-order valence-electron chi connectivity index (χ1n) is 5.73. The number of rotatable bonds is 1. The molecule has 0 amide bonds. The number of aromatic nitrogens is 4. The largest absolute Gasteiger partial charge is 0.296 e. The molecule has 3 rings (SSSR count). The Morgan fingerprint density at radius 3 is 2.56 bits per heavy atom. The molecule has 4 nitrogen and oxygen atoms in total. The number of aryl methyl sites for hydroxylation is 3. The van der Waals surface area contributed by atoms with Crippen LogP contribution in [-0.4, -0.2) is 19.2 Å². The number of imidazole rings is 1. The molecule has 0 saturated carbocycles. The van der Waals surface area contributed by atoms with Crippen LogP contribution in [0.2, 0.25) is 0 Å². The van der Waals surface area contributed by atoms with Crippen LogP contribution in [0.3, 0.4) is 0 Å². The number of halogens is 1. The highest BCUT2D eigenvalue weighted by molar-refractivity contribution is 9.10. The lowest BCUT2D eigenvalue weighted by molar-refractivity contribution is 0.935. The van der Waals surface area contributed by atoms with Crippen LogP contribution in [0.4, 0.5) is 0 Å². The summed E-state index contributed by atoms with van der Waals surface area (Å²) in [6.07, 6.45) is 0. The monoisotopic (exact) mass is 304 g/mol. The normalized spacial score (nSPS) is 11.3. The summed E-state index contributed by atoms with van der Waals surface area (Å²) in [5.74, 6) is 1.77. The van der Waals surface area contributed by atoms with Crippen molar-refractivity contribution in [2.24, 2.45) is 7.05 Å². The molecule has 0 aliphatic carbocycles. The highest BCUT2D eigenvalue weighted by atomic mass is 79.9. The van der Waals surface area contributed by atoms with Gasteiger partial charge in [-0.15, -0.1) is 5.10 Å². The molecule has 0 radical (unpaired) electrons. The highest BCUT2D eigenvalue weighted by Gasteiger charge is 2.16. The minimum absolute atomic E-state index is 0.845. The minimum Gasteiger partial charge on any atom is -0.296 e. The van der Waals surface area contributed by atoms with Gasteiger partial charge in [0.2, 0.25) is 5.78 Å². The van der Waals surface area contributed by atoms with Gasteiger partial charge in [0.1, 0.15) is 4.60 Å². The SMILES string of the molecule is Cc1ccccc1-c1nn2c(Br)c(C)nc2n1C. The van der Waals surface area contributed by atoms with Crippen molar-refractivity contribution in [2.75, 3.05) is 0 Å². The summed E-state index contributed by atoms with van der Waals surface area (Å²) in [6.45, 7) is 4.05. The van der Waals surface area contributed by atoms with Crippen LogP contribution in [0.15, 0.2) is 28.9 Å². The molecule has 5 heteroatoms. The second kappa shape index (κ2) is 3.95. The van der Waals surface area contributed by atoms with E-state index in [1.54, 1.807) is 0 Å². The van der Waals surface area contributed by atoms with E-state index in [4.69, 9.17) is 0 Å². The van der Waals surface area contributed by atoms with Gasteiger partial charge in [-0.3, -0.25) is 4.57 Å². The number of fused-ring (bicyclic) bond motifs is 1. The predicted molar refractivity (Wildman–Crippen MR) is 74.6 cm³/mol. The molecule has 0 spiro atoms. The summed E-state index contributed by atoms with van der Waals surface area (Å²) in [7, 11) is 1.99. The fourth-order valence-corrected chi connectivity index (χ4v) is 2.43. The number of nitrogens with zero attached hydrogens (tertiary/aromatic N) is 4. The van der Waals surface area contributed by atoms with E-state index in [1.807, 2.05) is 35.2 Å². The van der Waals surface area contributed by atoms with Gasteiger partial charge in [0.15, 0.2) is 5.82 Å². The fraction of sp³-hybridized carbons (Fsp3) is 0.231. The third-order valence-electron chi connectivity index (χ3n) is 3.14. The molecule has 2 heterocycles. The molecule has 0 N–H and O–H groups in total. The van der Waals surface area contributed by atoms with Crippen molar-refractivity contribution in [1.29, 1.82) is 0 Å². The topological polar surface area (TPSA) is 35.1 Å². The molecule has 92 valence electrons. The van der Waals surface area contributed by atoms with E-state index in [1.165, 1.54) is 5.56 Å². The number of hydrogen-bond donors (Lipinski definition) is 0. The summed E-state index contributed by atoms with van der Waals surface area (Å²) in [4.78, 5) is 4.50. The van der Waals surface area contributed by atoms with Crippen molar-refractivity contribution in [2.45, 2.75) is 13.8 Å². The Morgan fingerprint density at radius 2 is 1.89 bits per heavy atom. The van der Waals surface area contributed by atoms with E-state index in [9.17, 15) is 0 Å². The molecule has 0 saturated heterocycles. The molecule has 3 aromatic rings. The smallest absolute Gasteiger partial charge is 0.233 e. The van der Waals surface area contributed by atoms with Crippen LogP contribution in [0, 0.1) is 13.8 Å². The second-order valence-corrected chi connectivity index (χ2v) is 5.15. The Bertz CT molecular complexity index is 739. The van der Waals surface area contributed by atoms with Gasteiger partial charge in [0, 0.05) is 12.6 Å². The van der Waals surface area contributed by atoms with Crippen molar-refractivity contribution in [3.8, 4) is 11.4 Å². The molecular formula is C13H13BrN4. The maximum Gasteiger partial charge on any atom is 0.233 e. The van der Waals surface area contributed by atoms with Gasteiger partial charge in [-0.1, -0.05) is 24.3 Å². The zero-order valence-corrected chi connectivity index (χ0v) is 12.1. The molecule has 0 atom stereocenters. The van der Waals surface area contributed by atoms with Crippen LogP contribution < -0.4 is 0 Å². The zero-order chi connectivity index (χ0) is 12.9. The quantitative estimate of drug-likeness (QED) is 0.692. The molecule has 1 aromatic carbocycles. The van der Waals surface area contributed by atoms with Gasteiger partial charge < -0.3 is 0 Å². The summed E-state index contributed by atoms with van der Waals surface area (Å²) < 4.78 is 4.75. The first-order valence-corrected chi connectivity index (χ1v) is 6.52. The van der Waals surface area contributed by atoms with Crippen LogP contribution in [-0.2, 0) is 7.05 Å². The van der Waals surface area contributed by atoms with Gasteiger partial charge in [-0.2, -0.15) is 4.52 Å². The maximum atomic E-state index is 4.63. The average molecular weight is 305 g/mol. The first kappa shape index (κ1) is 11.5. The molecule has 0 unspecified atom stereocenters. The summed E-state index contributed by atoms with van der Waals surface area (Å²) >= 11 is 3.51. The lowest BCUT2D eigenvalue weighted by Crippen LogP contribution is -1.95. The second-order valence-electron chi connectivity index (χ2n) is 4.40. The first-order chi connectivity index (χ1) is 8.59. The van der Waals surface area contributed by atoms with E-state index in [2.05, 4.69) is 45.1 Å². The van der Waals surface area contributed by atoms with Gasteiger partial charge >= 0.3 is 0 Å². The van der Waals surface area contributed by atoms with Crippen molar-refractivity contribution in [1.82, 2.24) is 19.2 Å². The zero-order valence-electron chi connectivity index (χ0n) is 10.5. The molecule has 0 aliphatic heterocycles. The Morgan fingerprint density at radius 1 is 1.17 bits per heavy atom. The Kier molecular flexibility index (Phi) is 2.52. The third kappa shape index (κ3) is 1.50. The van der Waals surface area contributed by atoms with Crippen LogP contribution in [0.5, 0.6) is 0 Å². The Hall–Kier alpha value is -1.62. The van der Waals surface area contributed by atoms with Crippen molar-refractivity contribution in [3.05, 3.63) is 40.1 Å². The van der Waals surface area contributed by atoms with E-state index < -0.39 is 0 Å². The van der Waals surface area contributed by atoms with E-state index >= 15 is 0 Å². The van der Waals surface area contributed by atoms with Gasteiger partial charge in [-0.05, 0) is 35.3 Å². The average Bonchev–Trinajstić information content (AvgIpc) is 2.81. The molecule has 0 bridgehead atoms. The van der Waals surface area contributed by atoms with Crippen molar-refractivity contribution in [3.63, 3.8) is 0 Å². The van der Waals surface area contributed by atoms with Crippen LogP contribution >= 0.6 is 15.9 Å². The van der Waals surface area contributed by atoms with E-state index in [0.717, 1.165) is 27.5 Å².